The van der Waals surface area contributed by atoms with E-state index >= 15 is 0 Å². The number of phosphoric ester groups is 1. The third-order valence-electron chi connectivity index (χ3n) is 8.78. The van der Waals surface area contributed by atoms with E-state index in [-0.39, 0.29) is 12.8 Å². The topological polar surface area (TPSA) is 169 Å². The maximum absolute atomic E-state index is 12.3. The summed E-state index contributed by atoms with van der Waals surface area (Å²) in [6.45, 7) is 2.50. The summed E-state index contributed by atoms with van der Waals surface area (Å²) in [5.74, 6) is -2.47. The fraction of sp³-hybridized carbons (Fsp3) is 0.705. The molecule has 0 fully saturated rings. The van der Waals surface area contributed by atoms with Crippen LogP contribution in [0.25, 0.3) is 0 Å². The predicted molar refractivity (Wildman–Crippen MR) is 226 cm³/mol. The van der Waals surface area contributed by atoms with Gasteiger partial charge in [0.05, 0.1) is 13.2 Å². The lowest BCUT2D eigenvalue weighted by molar-refractivity contribution is -0.147. The summed E-state index contributed by atoms with van der Waals surface area (Å²) in [6, 6.07) is -1.58. The van der Waals surface area contributed by atoms with Crippen LogP contribution in [-0.2, 0) is 32.7 Å². The predicted octanol–water partition coefficient (Wildman–Crippen LogP) is 10.8. The maximum atomic E-state index is 12.3. The van der Waals surface area contributed by atoms with E-state index in [1.165, 1.54) is 57.8 Å². The lowest BCUT2D eigenvalue weighted by Crippen LogP contribution is -2.43. The molecule has 0 aromatic rings. The Morgan fingerprint density at radius 2 is 1.00 bits per heavy atom. The first-order valence-corrected chi connectivity index (χ1v) is 22.8. The Morgan fingerprint density at radius 3 is 1.55 bits per heavy atom. The van der Waals surface area contributed by atoms with Gasteiger partial charge in [-0.25, -0.2) is 9.36 Å². The zero-order chi connectivity index (χ0) is 41.4. The monoisotopic (exact) mass is 810 g/mol. The van der Waals surface area contributed by atoms with E-state index in [1.54, 1.807) is 0 Å². The number of carboxylic acids is 1. The molecule has 0 spiro atoms. The van der Waals surface area contributed by atoms with Crippen LogP contribution in [0.4, 0.5) is 0 Å². The van der Waals surface area contributed by atoms with Crippen molar-refractivity contribution in [1.82, 2.24) is 5.32 Å². The average molecular weight is 810 g/mol. The van der Waals surface area contributed by atoms with Crippen molar-refractivity contribution >= 4 is 25.7 Å². The Balaban J connectivity index is 4.02. The number of carboxylic acid groups (broad SMARTS) is 1. The Hall–Kier alpha value is -2.82. The van der Waals surface area contributed by atoms with Crippen LogP contribution >= 0.6 is 7.82 Å². The Labute approximate surface area is 338 Å². The number of esters is 1. The standard InChI is InChI=1S/C44H76NO10P/c1-3-5-7-9-11-13-15-17-19-20-22-23-25-27-29-31-33-35-42(47)45-41(44(49)50)39-55-56(51,52)54-38-40(46)37-53-43(48)36-34-32-30-28-26-24-21-18-16-14-12-10-8-6-4-2/h11,13,17-19,21-23,27,29,40-41,46H,3-10,12,14-16,20,24-26,28,30-39H2,1-2H3,(H,45,47)(H,49,50)(H,51,52)/b13-11-,19-17-,21-18-,23-22-,29-27-. The Bertz CT molecular complexity index is 1180. The molecular weight excluding hydrogens is 733 g/mol. The van der Waals surface area contributed by atoms with Gasteiger partial charge in [0.2, 0.25) is 5.91 Å². The first-order valence-electron chi connectivity index (χ1n) is 21.3. The molecule has 1 amide bonds. The van der Waals surface area contributed by atoms with Crippen molar-refractivity contribution in [1.29, 1.82) is 0 Å². The minimum absolute atomic E-state index is 0.0667. The van der Waals surface area contributed by atoms with E-state index in [0.29, 0.717) is 19.3 Å². The number of hydrogen-bond donors (Lipinski definition) is 4. The number of aliphatic carboxylic acids is 1. The molecule has 12 heteroatoms. The maximum Gasteiger partial charge on any atom is 0.472 e. The SMILES string of the molecule is CCCCC/C=C\C/C=C\C/C=C\C/C=C\CCCC(=O)NC(COP(=O)(O)OCC(O)COC(=O)CCCCCCC/C=C\CCCCCCCC)C(=O)O. The van der Waals surface area contributed by atoms with Gasteiger partial charge in [-0.3, -0.25) is 18.6 Å². The Kier molecular flexibility index (Phi) is 37.1. The third kappa shape index (κ3) is 38.1. The van der Waals surface area contributed by atoms with Crippen molar-refractivity contribution in [2.24, 2.45) is 0 Å². The highest BCUT2D eigenvalue weighted by Crippen LogP contribution is 2.43. The number of allylic oxidation sites excluding steroid dienone is 10. The molecule has 56 heavy (non-hydrogen) atoms. The van der Waals surface area contributed by atoms with Crippen LogP contribution < -0.4 is 5.32 Å². The van der Waals surface area contributed by atoms with Gasteiger partial charge in [0.1, 0.15) is 12.7 Å². The number of amides is 1. The number of unbranched alkanes of at least 4 members (excludes halogenated alkanes) is 15. The summed E-state index contributed by atoms with van der Waals surface area (Å²) < 4.78 is 26.8. The number of phosphoric acid groups is 1. The number of aliphatic hydroxyl groups is 1. The van der Waals surface area contributed by atoms with Crippen LogP contribution in [0.1, 0.15) is 168 Å². The summed E-state index contributed by atoms with van der Waals surface area (Å²) in [5, 5.41) is 21.8. The summed E-state index contributed by atoms with van der Waals surface area (Å²) in [4.78, 5) is 45.8. The van der Waals surface area contributed by atoms with Crippen LogP contribution in [0.5, 0.6) is 0 Å². The van der Waals surface area contributed by atoms with E-state index in [0.717, 1.165) is 64.2 Å². The summed E-state index contributed by atoms with van der Waals surface area (Å²) in [7, 11) is -4.77. The van der Waals surface area contributed by atoms with Crippen molar-refractivity contribution in [3.05, 3.63) is 60.8 Å². The highest BCUT2D eigenvalue weighted by molar-refractivity contribution is 7.47. The lowest BCUT2D eigenvalue weighted by Gasteiger charge is -2.18. The third-order valence-corrected chi connectivity index (χ3v) is 9.73. The van der Waals surface area contributed by atoms with Crippen LogP contribution in [0, 0.1) is 0 Å². The molecule has 0 aliphatic carbocycles. The number of carbonyl (C=O) groups is 3. The van der Waals surface area contributed by atoms with Gasteiger partial charge < -0.3 is 25.2 Å². The number of carbonyl (C=O) groups excluding carboxylic acids is 2. The number of hydrogen-bond acceptors (Lipinski definition) is 8. The molecule has 4 N–H and O–H groups in total. The molecule has 0 aromatic heterocycles. The zero-order valence-electron chi connectivity index (χ0n) is 34.7. The molecular formula is C44H76NO10P. The molecule has 3 atom stereocenters. The molecule has 0 saturated heterocycles. The highest BCUT2D eigenvalue weighted by Gasteiger charge is 2.28. The molecule has 0 rings (SSSR count). The molecule has 11 nitrogen and oxygen atoms in total. The van der Waals surface area contributed by atoms with E-state index in [1.807, 2.05) is 12.2 Å². The van der Waals surface area contributed by atoms with E-state index in [9.17, 15) is 34.1 Å². The molecule has 0 bridgehead atoms. The van der Waals surface area contributed by atoms with Crippen molar-refractivity contribution in [2.75, 3.05) is 19.8 Å². The molecule has 0 aromatic carbocycles. The number of aliphatic hydroxyl groups excluding tert-OH is 1. The molecule has 0 aliphatic heterocycles. The van der Waals surface area contributed by atoms with Gasteiger partial charge in [-0.05, 0) is 77.0 Å². The van der Waals surface area contributed by atoms with Gasteiger partial charge in [-0.2, -0.15) is 0 Å². The van der Waals surface area contributed by atoms with Crippen molar-refractivity contribution in [3.8, 4) is 0 Å². The van der Waals surface area contributed by atoms with E-state index < -0.39 is 57.6 Å². The first kappa shape index (κ1) is 53.2. The largest absolute Gasteiger partial charge is 0.480 e. The van der Waals surface area contributed by atoms with E-state index in [2.05, 4.69) is 67.8 Å². The van der Waals surface area contributed by atoms with Crippen LogP contribution in [0.3, 0.4) is 0 Å². The fourth-order valence-corrected chi connectivity index (χ4v) is 6.19. The average Bonchev–Trinajstić information content (AvgIpc) is 3.17. The smallest absolute Gasteiger partial charge is 0.472 e. The number of rotatable bonds is 39. The first-order chi connectivity index (χ1) is 27.1. The molecule has 0 saturated carbocycles. The summed E-state index contributed by atoms with van der Waals surface area (Å²) >= 11 is 0. The highest BCUT2D eigenvalue weighted by atomic mass is 31.2. The second-order valence-electron chi connectivity index (χ2n) is 14.2. The number of ether oxygens (including phenoxy) is 1. The van der Waals surface area contributed by atoms with Crippen molar-refractivity contribution < 1.29 is 47.8 Å². The van der Waals surface area contributed by atoms with Crippen LogP contribution in [0.15, 0.2) is 60.8 Å². The molecule has 0 radical (unpaired) electrons. The van der Waals surface area contributed by atoms with Gasteiger partial charge in [-0.15, -0.1) is 0 Å². The van der Waals surface area contributed by atoms with Gasteiger partial charge in [0, 0.05) is 12.8 Å². The van der Waals surface area contributed by atoms with Crippen molar-refractivity contribution in [2.45, 2.75) is 180 Å². The second kappa shape index (κ2) is 39.0. The summed E-state index contributed by atoms with van der Waals surface area (Å²) in [6.07, 6.45) is 43.9. The number of nitrogens with one attached hydrogen (secondary N) is 1. The van der Waals surface area contributed by atoms with Crippen molar-refractivity contribution in [3.63, 3.8) is 0 Å². The zero-order valence-corrected chi connectivity index (χ0v) is 35.6. The van der Waals surface area contributed by atoms with Gasteiger partial charge in [0.15, 0.2) is 6.04 Å². The minimum Gasteiger partial charge on any atom is -0.480 e. The normalized spacial score (nSPS) is 14.4. The minimum atomic E-state index is -4.77. The Morgan fingerprint density at radius 1 is 0.571 bits per heavy atom. The molecule has 0 heterocycles. The molecule has 322 valence electrons. The molecule has 0 aliphatic rings. The lowest BCUT2D eigenvalue weighted by atomic mass is 10.1. The van der Waals surface area contributed by atoms with Crippen LogP contribution in [-0.4, -0.2) is 64.9 Å². The van der Waals surface area contributed by atoms with Gasteiger partial charge >= 0.3 is 19.8 Å². The quantitative estimate of drug-likeness (QED) is 0.0203. The van der Waals surface area contributed by atoms with Gasteiger partial charge in [0.25, 0.3) is 0 Å². The van der Waals surface area contributed by atoms with Crippen LogP contribution in [0.2, 0.25) is 0 Å². The summed E-state index contributed by atoms with van der Waals surface area (Å²) in [5.41, 5.74) is 0. The molecule has 3 unspecified atom stereocenters. The van der Waals surface area contributed by atoms with Gasteiger partial charge in [-0.1, -0.05) is 139 Å². The second-order valence-corrected chi connectivity index (χ2v) is 15.6. The van der Waals surface area contributed by atoms with E-state index in [4.69, 9.17) is 13.8 Å². The fourth-order valence-electron chi connectivity index (χ4n) is 5.42.